The highest BCUT2D eigenvalue weighted by atomic mass is 35.5. The monoisotopic (exact) mass is 561 g/mol. The minimum Gasteiger partial charge on any atom is -0.471 e. The summed E-state index contributed by atoms with van der Waals surface area (Å²) in [7, 11) is 0. The Bertz CT molecular complexity index is 1740. The first-order valence-corrected chi connectivity index (χ1v) is 11.8. The zero-order valence-electron chi connectivity index (χ0n) is 20.7. The fraction of sp³-hybridized carbons (Fsp3) is 0.240. The molecule has 0 atom stereocenters. The van der Waals surface area contributed by atoms with Gasteiger partial charge in [-0.2, -0.15) is 0 Å². The van der Waals surface area contributed by atoms with Crippen LogP contribution in [0, 0.1) is 11.6 Å². The Morgan fingerprint density at radius 3 is 2.46 bits per heavy atom. The Labute approximate surface area is 223 Å². The van der Waals surface area contributed by atoms with Gasteiger partial charge >= 0.3 is 11.7 Å². The molecule has 0 radical (unpaired) electrons. The first kappa shape index (κ1) is 27.7. The maximum Gasteiger partial charge on any atom is 0.344 e. The second-order valence-corrected chi connectivity index (χ2v) is 9.70. The number of carbonyl (C=O) groups excluding carboxylic acids is 2. The number of nitrogens with two attached hydrogens (primary N) is 1. The van der Waals surface area contributed by atoms with Crippen LogP contribution in [0.5, 0.6) is 5.88 Å². The molecule has 1 amide bonds. The molecule has 0 aliphatic carbocycles. The molecular weight excluding hydrogens is 540 g/mol. The molecule has 3 N–H and O–H groups in total. The fourth-order valence-electron chi connectivity index (χ4n) is 3.89. The summed E-state index contributed by atoms with van der Waals surface area (Å²) in [5, 5.41) is 9.61. The molecule has 4 aromatic rings. The number of fused-ring (bicyclic) bond motifs is 1. The fourth-order valence-corrected chi connectivity index (χ4v) is 4.10. The van der Waals surface area contributed by atoms with Crippen LogP contribution in [-0.2, 0) is 13.2 Å². The van der Waals surface area contributed by atoms with Crippen molar-refractivity contribution in [3.63, 3.8) is 0 Å². The van der Waals surface area contributed by atoms with Gasteiger partial charge in [-0.1, -0.05) is 17.7 Å². The third-order valence-electron chi connectivity index (χ3n) is 5.64. The number of hydrogen-bond acceptors (Lipinski definition) is 7. The average Bonchev–Trinajstić information content (AvgIpc) is 3.12. The number of amides is 1. The maximum absolute atomic E-state index is 13.9. The van der Waals surface area contributed by atoms with Crippen molar-refractivity contribution in [2.24, 2.45) is 5.73 Å². The van der Waals surface area contributed by atoms with Crippen LogP contribution in [0.3, 0.4) is 0 Å². The summed E-state index contributed by atoms with van der Waals surface area (Å²) in [4.78, 5) is 54.4. The molecule has 39 heavy (non-hydrogen) atoms. The molecule has 0 aliphatic heterocycles. The number of hydrogen-bond donors (Lipinski definition) is 2. The topological polar surface area (TPSA) is 151 Å². The van der Waals surface area contributed by atoms with E-state index >= 15 is 0 Å². The zero-order valence-corrected chi connectivity index (χ0v) is 21.4. The van der Waals surface area contributed by atoms with Gasteiger partial charge in [0.15, 0.2) is 5.02 Å². The molecular formula is C25H22ClF2N5O6. The van der Waals surface area contributed by atoms with Gasteiger partial charge in [0, 0.05) is 11.6 Å². The van der Waals surface area contributed by atoms with Crippen molar-refractivity contribution in [1.82, 2.24) is 18.7 Å². The number of halogens is 3. The van der Waals surface area contributed by atoms with Gasteiger partial charge in [-0.3, -0.25) is 14.2 Å². The Morgan fingerprint density at radius 1 is 1.10 bits per heavy atom. The van der Waals surface area contributed by atoms with Crippen LogP contribution in [0.25, 0.3) is 11.0 Å². The summed E-state index contributed by atoms with van der Waals surface area (Å²) in [5.41, 5.74) is 2.82. The average molecular weight is 562 g/mol. The summed E-state index contributed by atoms with van der Waals surface area (Å²) < 4.78 is 34.8. The van der Waals surface area contributed by atoms with Crippen LogP contribution >= 0.6 is 11.6 Å². The van der Waals surface area contributed by atoms with Crippen molar-refractivity contribution in [2.45, 2.75) is 39.0 Å². The Hall–Kier alpha value is -4.36. The lowest BCUT2D eigenvalue weighted by atomic mass is 10.1. The second-order valence-electron chi connectivity index (χ2n) is 9.32. The number of aliphatic hydroxyl groups is 1. The smallest absolute Gasteiger partial charge is 0.344 e. The lowest BCUT2D eigenvalue weighted by Gasteiger charge is -2.15. The van der Waals surface area contributed by atoms with Gasteiger partial charge < -0.3 is 15.6 Å². The molecule has 0 aliphatic rings. The van der Waals surface area contributed by atoms with E-state index in [-0.39, 0.29) is 35.6 Å². The molecule has 0 fully saturated rings. The molecule has 2 aromatic heterocycles. The SMILES string of the molecule is CC(C)(O)CC(=O)n1c(=O)n(C(N)=O)c2cc(Cn3cnc(OCc4ccc(F)cc4F)c(Cl)c3=O)ccc21. The molecule has 2 heterocycles. The lowest BCUT2D eigenvalue weighted by molar-refractivity contribution is 0.0530. The second kappa shape index (κ2) is 10.4. The summed E-state index contributed by atoms with van der Waals surface area (Å²) >= 11 is 6.13. The van der Waals surface area contributed by atoms with Gasteiger partial charge in [-0.15, -0.1) is 0 Å². The number of ether oxygens (including phenoxy) is 1. The minimum absolute atomic E-state index is 0.0162. The normalized spacial score (nSPS) is 11.6. The van der Waals surface area contributed by atoms with Crippen molar-refractivity contribution in [1.29, 1.82) is 0 Å². The van der Waals surface area contributed by atoms with Crippen LogP contribution < -0.4 is 21.7 Å². The Balaban J connectivity index is 1.64. The van der Waals surface area contributed by atoms with Crippen LogP contribution in [-0.4, -0.2) is 41.3 Å². The summed E-state index contributed by atoms with van der Waals surface area (Å²) in [6, 6.07) is 6.13. The van der Waals surface area contributed by atoms with Crippen LogP contribution in [0.1, 0.15) is 36.2 Å². The van der Waals surface area contributed by atoms with E-state index in [2.05, 4.69) is 4.98 Å². The third kappa shape index (κ3) is 5.73. The first-order chi connectivity index (χ1) is 18.3. The molecule has 2 aromatic carbocycles. The van der Waals surface area contributed by atoms with Crippen molar-refractivity contribution in [2.75, 3.05) is 0 Å². The van der Waals surface area contributed by atoms with E-state index < -0.39 is 51.9 Å². The van der Waals surface area contributed by atoms with E-state index in [0.29, 0.717) is 16.2 Å². The van der Waals surface area contributed by atoms with Gasteiger partial charge in [0.2, 0.25) is 11.8 Å². The molecule has 0 saturated carbocycles. The number of carbonyl (C=O) groups is 2. The van der Waals surface area contributed by atoms with Crippen molar-refractivity contribution >= 4 is 34.6 Å². The molecule has 0 saturated heterocycles. The van der Waals surface area contributed by atoms with Crippen LogP contribution in [0.15, 0.2) is 52.3 Å². The Morgan fingerprint density at radius 2 is 1.82 bits per heavy atom. The number of imidazole rings is 1. The first-order valence-electron chi connectivity index (χ1n) is 11.4. The van der Waals surface area contributed by atoms with Gasteiger partial charge in [-0.25, -0.2) is 32.5 Å². The Kier molecular flexibility index (Phi) is 7.39. The van der Waals surface area contributed by atoms with E-state index in [4.69, 9.17) is 22.1 Å². The summed E-state index contributed by atoms with van der Waals surface area (Å²) in [5.74, 6) is -2.59. The summed E-state index contributed by atoms with van der Waals surface area (Å²) in [6.45, 7) is 2.34. The van der Waals surface area contributed by atoms with Crippen molar-refractivity contribution < 1.29 is 28.2 Å². The number of benzene rings is 2. The van der Waals surface area contributed by atoms with E-state index in [1.807, 2.05) is 0 Å². The zero-order chi connectivity index (χ0) is 28.6. The molecule has 0 unspecified atom stereocenters. The lowest BCUT2D eigenvalue weighted by Crippen LogP contribution is -2.37. The molecule has 204 valence electrons. The van der Waals surface area contributed by atoms with Gasteiger partial charge in [0.1, 0.15) is 24.6 Å². The summed E-state index contributed by atoms with van der Waals surface area (Å²) in [6.07, 6.45) is 0.738. The maximum atomic E-state index is 13.9. The standard InChI is InChI=1S/C25H22ClF2N5O6/c1-25(2,38)9-19(34)32-17-6-3-13(7-18(17)33(23(29)36)24(32)37)10-31-12-30-21(20(26)22(31)35)39-11-14-4-5-15(27)8-16(14)28/h3-8,12,38H,9-11H2,1-2H3,(H2,29,36). The highest BCUT2D eigenvalue weighted by molar-refractivity contribution is 6.31. The molecule has 11 nitrogen and oxygen atoms in total. The van der Waals surface area contributed by atoms with E-state index in [1.54, 1.807) is 0 Å². The highest BCUT2D eigenvalue weighted by Crippen LogP contribution is 2.21. The molecule has 14 heteroatoms. The number of nitrogens with zero attached hydrogens (tertiary/aromatic N) is 4. The predicted octanol–water partition coefficient (Wildman–Crippen LogP) is 2.65. The van der Waals surface area contributed by atoms with Gasteiger partial charge in [0.25, 0.3) is 5.56 Å². The largest absolute Gasteiger partial charge is 0.471 e. The number of rotatable bonds is 7. The van der Waals surface area contributed by atoms with E-state index in [1.165, 1.54) is 38.1 Å². The quantitative estimate of drug-likeness (QED) is 0.352. The van der Waals surface area contributed by atoms with E-state index in [9.17, 15) is 33.1 Å². The highest BCUT2D eigenvalue weighted by Gasteiger charge is 2.26. The van der Waals surface area contributed by atoms with Crippen molar-refractivity contribution in [3.05, 3.63) is 91.3 Å². The number of aromatic nitrogens is 4. The van der Waals surface area contributed by atoms with Crippen LogP contribution in [0.2, 0.25) is 5.02 Å². The molecule has 0 bridgehead atoms. The van der Waals surface area contributed by atoms with E-state index in [0.717, 1.165) is 21.5 Å². The third-order valence-corrected chi connectivity index (χ3v) is 5.96. The van der Waals surface area contributed by atoms with Crippen LogP contribution in [0.4, 0.5) is 13.6 Å². The molecule has 4 rings (SSSR count). The predicted molar refractivity (Wildman–Crippen MR) is 136 cm³/mol. The minimum atomic E-state index is -1.41. The molecule has 0 spiro atoms. The van der Waals surface area contributed by atoms with Crippen molar-refractivity contribution in [3.8, 4) is 5.88 Å². The number of primary amides is 1. The van der Waals surface area contributed by atoms with Gasteiger partial charge in [0.05, 0.1) is 29.6 Å². The van der Waals surface area contributed by atoms with Gasteiger partial charge in [-0.05, 0) is 43.7 Å².